The molecule has 3 aromatic rings. The van der Waals surface area contributed by atoms with Gasteiger partial charge in [-0.1, -0.05) is 66.2 Å². The van der Waals surface area contributed by atoms with Crippen molar-refractivity contribution in [2.24, 2.45) is 5.73 Å². The average molecular weight is 448 g/mol. The molecule has 6 heteroatoms. The second-order valence-electron chi connectivity index (χ2n) is 7.28. The van der Waals surface area contributed by atoms with Gasteiger partial charge in [-0.3, -0.25) is 0 Å². The van der Waals surface area contributed by atoms with Crippen molar-refractivity contribution in [3.8, 4) is 16.9 Å². The lowest BCUT2D eigenvalue weighted by Crippen LogP contribution is -2.47. The van der Waals surface area contributed by atoms with Crippen LogP contribution in [-0.4, -0.2) is 29.0 Å². The largest absolute Gasteiger partial charge is 0.489 e. The summed E-state index contributed by atoms with van der Waals surface area (Å²) >= 11 is 6.45. The Bertz CT molecular complexity index is 913. The van der Waals surface area contributed by atoms with Gasteiger partial charge in [0, 0.05) is 5.02 Å². The summed E-state index contributed by atoms with van der Waals surface area (Å²) in [5.41, 5.74) is 9.07. The summed E-state index contributed by atoms with van der Waals surface area (Å²) in [6, 6.07) is 23.9. The highest BCUT2D eigenvalue weighted by Gasteiger charge is 2.23. The number of hydrogen-bond donors (Lipinski definition) is 3. The number of aryl methyl sites for hydroxylation is 1. The van der Waals surface area contributed by atoms with Crippen LogP contribution in [0.3, 0.4) is 0 Å². The second-order valence-corrected chi connectivity index (χ2v) is 7.69. The number of aliphatic hydroxyl groups excluding tert-OH is 2. The average Bonchev–Trinajstić information content (AvgIpc) is 2.77. The summed E-state index contributed by atoms with van der Waals surface area (Å²) in [5, 5.41) is 19.3. The van der Waals surface area contributed by atoms with Gasteiger partial charge in [0.15, 0.2) is 0 Å². The first kappa shape index (κ1) is 24.2. The van der Waals surface area contributed by atoms with E-state index in [4.69, 9.17) is 22.1 Å². The van der Waals surface area contributed by atoms with E-state index in [9.17, 15) is 10.2 Å². The smallest absolute Gasteiger partial charge is 0.119 e. The molecule has 4 N–H and O–H groups in total. The van der Waals surface area contributed by atoms with Crippen molar-refractivity contribution < 1.29 is 14.9 Å². The predicted octanol–water partition coefficient (Wildman–Crippen LogP) is 4.62. The minimum absolute atomic E-state index is 0. The van der Waals surface area contributed by atoms with Gasteiger partial charge in [0.05, 0.1) is 18.8 Å². The van der Waals surface area contributed by atoms with Gasteiger partial charge < -0.3 is 20.7 Å². The third-order valence-electron chi connectivity index (χ3n) is 5.01. The van der Waals surface area contributed by atoms with Crippen LogP contribution < -0.4 is 10.5 Å². The van der Waals surface area contributed by atoms with Crippen molar-refractivity contribution in [1.82, 2.24) is 0 Å². The van der Waals surface area contributed by atoms with Crippen LogP contribution >= 0.6 is 24.0 Å². The van der Waals surface area contributed by atoms with Crippen molar-refractivity contribution in [3.63, 3.8) is 0 Å². The van der Waals surface area contributed by atoms with E-state index < -0.39 is 5.54 Å². The van der Waals surface area contributed by atoms with Crippen LogP contribution in [0.25, 0.3) is 11.1 Å². The molecule has 0 aliphatic carbocycles. The van der Waals surface area contributed by atoms with Crippen LogP contribution in [-0.2, 0) is 13.0 Å². The van der Waals surface area contributed by atoms with Crippen LogP contribution in [0.4, 0.5) is 0 Å². The van der Waals surface area contributed by atoms with Crippen molar-refractivity contribution in [2.45, 2.75) is 25.0 Å². The number of hydrogen-bond acceptors (Lipinski definition) is 4. The topological polar surface area (TPSA) is 75.7 Å². The minimum Gasteiger partial charge on any atom is -0.489 e. The number of halogens is 2. The first-order chi connectivity index (χ1) is 14.0. The molecular formula is C24H27Cl2NO3. The molecule has 0 saturated carbocycles. The Kier molecular flexibility index (Phi) is 9.15. The van der Waals surface area contributed by atoms with Gasteiger partial charge in [0.25, 0.3) is 0 Å². The van der Waals surface area contributed by atoms with E-state index in [0.717, 1.165) is 28.0 Å². The molecule has 3 rings (SSSR count). The molecule has 0 amide bonds. The highest BCUT2D eigenvalue weighted by Crippen LogP contribution is 2.28. The van der Waals surface area contributed by atoms with E-state index in [1.54, 1.807) is 0 Å². The summed E-state index contributed by atoms with van der Waals surface area (Å²) < 4.78 is 5.83. The molecule has 3 aromatic carbocycles. The number of benzene rings is 3. The van der Waals surface area contributed by atoms with Crippen molar-refractivity contribution >= 4 is 24.0 Å². The Hall–Kier alpha value is -2.08. The van der Waals surface area contributed by atoms with Gasteiger partial charge in [-0.05, 0) is 53.3 Å². The number of nitrogens with two attached hydrogens (primary N) is 1. The van der Waals surface area contributed by atoms with Crippen LogP contribution in [0.15, 0.2) is 72.8 Å². The molecule has 0 atom stereocenters. The van der Waals surface area contributed by atoms with Crippen LogP contribution in [0, 0.1) is 0 Å². The molecule has 0 heterocycles. The molecule has 0 unspecified atom stereocenters. The third-order valence-corrected chi connectivity index (χ3v) is 5.36. The lowest BCUT2D eigenvalue weighted by atomic mass is 9.93. The molecule has 0 aliphatic heterocycles. The van der Waals surface area contributed by atoms with Gasteiger partial charge in [0.1, 0.15) is 12.4 Å². The third kappa shape index (κ3) is 6.46. The van der Waals surface area contributed by atoms with E-state index in [1.807, 2.05) is 72.8 Å². The first-order valence-corrected chi connectivity index (χ1v) is 9.97. The second kappa shape index (κ2) is 11.3. The highest BCUT2D eigenvalue weighted by molar-refractivity contribution is 6.31. The Morgan fingerprint density at radius 3 is 2.10 bits per heavy atom. The maximum Gasteiger partial charge on any atom is 0.119 e. The van der Waals surface area contributed by atoms with Gasteiger partial charge in [-0.2, -0.15) is 0 Å². The zero-order valence-corrected chi connectivity index (χ0v) is 18.2. The number of rotatable bonds is 9. The Labute approximate surface area is 188 Å². The zero-order valence-electron chi connectivity index (χ0n) is 16.6. The van der Waals surface area contributed by atoms with Crippen molar-refractivity contribution in [3.05, 3.63) is 88.9 Å². The van der Waals surface area contributed by atoms with E-state index in [0.29, 0.717) is 24.5 Å². The van der Waals surface area contributed by atoms with Crippen LogP contribution in [0.5, 0.6) is 5.75 Å². The fourth-order valence-electron chi connectivity index (χ4n) is 3.01. The summed E-state index contributed by atoms with van der Waals surface area (Å²) in [6.07, 6.45) is 1.04. The fourth-order valence-corrected chi connectivity index (χ4v) is 3.28. The normalized spacial score (nSPS) is 11.1. The zero-order chi connectivity index (χ0) is 20.7. The molecule has 30 heavy (non-hydrogen) atoms. The quantitative estimate of drug-likeness (QED) is 0.447. The summed E-state index contributed by atoms with van der Waals surface area (Å²) in [6.45, 7) is 0.000809. The monoisotopic (exact) mass is 447 g/mol. The molecule has 4 nitrogen and oxygen atoms in total. The first-order valence-electron chi connectivity index (χ1n) is 9.59. The molecule has 0 fully saturated rings. The molecule has 0 aromatic heterocycles. The number of aliphatic hydroxyl groups is 2. The van der Waals surface area contributed by atoms with Crippen LogP contribution in [0.1, 0.15) is 17.5 Å². The molecule has 160 valence electrons. The maximum absolute atomic E-state index is 9.32. The van der Waals surface area contributed by atoms with E-state index >= 15 is 0 Å². The molecule has 0 saturated heterocycles. The van der Waals surface area contributed by atoms with Gasteiger partial charge in [-0.15, -0.1) is 12.4 Å². The Balaban J connectivity index is 0.00000320. The number of ether oxygens (including phenoxy) is 1. The van der Waals surface area contributed by atoms with Crippen molar-refractivity contribution in [2.75, 3.05) is 13.2 Å². The molecule has 0 bridgehead atoms. The van der Waals surface area contributed by atoms with E-state index in [-0.39, 0.29) is 25.6 Å². The lowest BCUT2D eigenvalue weighted by Gasteiger charge is -2.24. The maximum atomic E-state index is 9.32. The molecular weight excluding hydrogens is 421 g/mol. The SMILES string of the molecule is Cl.NC(CO)(CO)CCc1ccc(-c2ccc(OCc3ccccc3)cc2)cc1Cl. The van der Waals surface area contributed by atoms with Gasteiger partial charge in [0.2, 0.25) is 0 Å². The van der Waals surface area contributed by atoms with Crippen LogP contribution in [0.2, 0.25) is 5.02 Å². The van der Waals surface area contributed by atoms with Gasteiger partial charge >= 0.3 is 0 Å². The summed E-state index contributed by atoms with van der Waals surface area (Å²) in [7, 11) is 0. The minimum atomic E-state index is -0.989. The standard InChI is InChI=1S/C24H26ClNO3.ClH/c25-23-14-21(7-6-20(23)12-13-24(26,16-27)17-28)19-8-10-22(11-9-19)29-15-18-4-2-1-3-5-18;/h1-11,14,27-28H,12-13,15-17,26H2;1H. The Morgan fingerprint density at radius 2 is 1.50 bits per heavy atom. The van der Waals surface area contributed by atoms with Crippen molar-refractivity contribution in [1.29, 1.82) is 0 Å². The highest BCUT2D eigenvalue weighted by atomic mass is 35.5. The molecule has 0 aliphatic rings. The molecule has 0 spiro atoms. The summed E-state index contributed by atoms with van der Waals surface area (Å²) in [4.78, 5) is 0. The lowest BCUT2D eigenvalue weighted by molar-refractivity contribution is 0.115. The Morgan fingerprint density at radius 1 is 0.867 bits per heavy atom. The van der Waals surface area contributed by atoms with E-state index in [2.05, 4.69) is 0 Å². The van der Waals surface area contributed by atoms with E-state index in [1.165, 1.54) is 0 Å². The van der Waals surface area contributed by atoms with Gasteiger partial charge in [-0.25, -0.2) is 0 Å². The summed E-state index contributed by atoms with van der Waals surface area (Å²) in [5.74, 6) is 0.813. The molecule has 0 radical (unpaired) electrons. The predicted molar refractivity (Wildman–Crippen MR) is 124 cm³/mol. The fraction of sp³-hybridized carbons (Fsp3) is 0.250.